The van der Waals surface area contributed by atoms with Crippen LogP contribution in [0.3, 0.4) is 0 Å². The summed E-state index contributed by atoms with van der Waals surface area (Å²) in [5.41, 5.74) is -6.87. The fourth-order valence-corrected chi connectivity index (χ4v) is 3.57. The van der Waals surface area contributed by atoms with Gasteiger partial charge in [-0.1, -0.05) is 6.07 Å². The summed E-state index contributed by atoms with van der Waals surface area (Å²) in [7, 11) is -5.30. The van der Waals surface area contributed by atoms with Crippen molar-refractivity contribution in [3.05, 3.63) is 53.1 Å². The quantitative estimate of drug-likeness (QED) is 0.261. The predicted molar refractivity (Wildman–Crippen MR) is 110 cm³/mol. The van der Waals surface area contributed by atoms with Crippen molar-refractivity contribution in [3.8, 4) is 23.0 Å². The fraction of sp³-hybridized carbons (Fsp3) is 0.286. The minimum atomic E-state index is -6.22. The SMILES string of the molecule is COC(=O)C1=C(OS(=O)(=O)C(F)(F)F)c2cc(OC(C)C)ccc2OC1c1ccc(O)c(O)c1. The summed E-state index contributed by atoms with van der Waals surface area (Å²) in [5.74, 6) is -3.40. The van der Waals surface area contributed by atoms with Crippen LogP contribution in [0, 0.1) is 0 Å². The molecule has 1 unspecified atom stereocenters. The number of benzene rings is 2. The number of carbonyl (C=O) groups excluding carboxylic acids is 1. The van der Waals surface area contributed by atoms with Gasteiger partial charge in [0.15, 0.2) is 23.4 Å². The maximum Gasteiger partial charge on any atom is 0.534 e. The number of rotatable bonds is 6. The molecule has 1 aliphatic heterocycles. The highest BCUT2D eigenvalue weighted by molar-refractivity contribution is 7.87. The molecule has 0 aromatic heterocycles. The van der Waals surface area contributed by atoms with Crippen LogP contribution in [-0.2, 0) is 23.8 Å². The Morgan fingerprint density at radius 2 is 1.76 bits per heavy atom. The number of halogens is 3. The Hall–Kier alpha value is -3.61. The van der Waals surface area contributed by atoms with Crippen molar-refractivity contribution >= 4 is 21.8 Å². The lowest BCUT2D eigenvalue weighted by molar-refractivity contribution is -0.137. The first-order chi connectivity index (χ1) is 15.7. The predicted octanol–water partition coefficient (Wildman–Crippen LogP) is 3.77. The van der Waals surface area contributed by atoms with E-state index in [9.17, 15) is 36.6 Å². The standard InChI is InChI=1S/C21H19F3O9S/c1-10(2)31-12-5-7-16-13(9-12)19(33-34(28,29)21(22,23)24)17(20(27)30-3)18(32-16)11-4-6-14(25)15(26)8-11/h4-10,18,25-26H,1-3H3. The van der Waals surface area contributed by atoms with Crippen LogP contribution < -0.4 is 9.47 Å². The van der Waals surface area contributed by atoms with Gasteiger partial charge in [0.1, 0.15) is 17.1 Å². The lowest BCUT2D eigenvalue weighted by atomic mass is 9.94. The Labute approximate surface area is 192 Å². The average molecular weight is 504 g/mol. The lowest BCUT2D eigenvalue weighted by Crippen LogP contribution is -2.29. The van der Waals surface area contributed by atoms with Crippen molar-refractivity contribution in [1.29, 1.82) is 0 Å². The molecular formula is C21H19F3O9S. The molecule has 2 aromatic rings. The highest BCUT2D eigenvalue weighted by Crippen LogP contribution is 2.47. The second-order valence-corrected chi connectivity index (χ2v) is 8.83. The summed E-state index contributed by atoms with van der Waals surface area (Å²) in [4.78, 5) is 12.7. The van der Waals surface area contributed by atoms with Crippen molar-refractivity contribution < 1.29 is 55.0 Å². The van der Waals surface area contributed by atoms with E-state index in [1.165, 1.54) is 18.2 Å². The smallest absolute Gasteiger partial charge is 0.504 e. The topological polar surface area (TPSA) is 129 Å². The van der Waals surface area contributed by atoms with Gasteiger partial charge in [0.05, 0.1) is 18.8 Å². The zero-order valence-electron chi connectivity index (χ0n) is 17.9. The van der Waals surface area contributed by atoms with Gasteiger partial charge in [-0.3, -0.25) is 0 Å². The first-order valence-corrected chi connectivity index (χ1v) is 11.0. The number of aromatic hydroxyl groups is 2. The lowest BCUT2D eigenvalue weighted by Gasteiger charge is -2.30. The molecule has 1 aliphatic rings. The zero-order chi connectivity index (χ0) is 25.4. The summed E-state index contributed by atoms with van der Waals surface area (Å²) >= 11 is 0. The van der Waals surface area contributed by atoms with Gasteiger partial charge in [0.2, 0.25) is 0 Å². The van der Waals surface area contributed by atoms with Crippen LogP contribution >= 0.6 is 0 Å². The Balaban J connectivity index is 2.32. The molecular weight excluding hydrogens is 485 g/mol. The Morgan fingerprint density at radius 3 is 2.32 bits per heavy atom. The van der Waals surface area contributed by atoms with E-state index < -0.39 is 50.5 Å². The summed E-state index contributed by atoms with van der Waals surface area (Å²) < 4.78 is 83.7. The molecule has 2 N–H and O–H groups in total. The molecule has 3 rings (SSSR count). The van der Waals surface area contributed by atoms with Gasteiger partial charge in [-0.25, -0.2) is 4.79 Å². The third kappa shape index (κ3) is 4.83. The van der Waals surface area contributed by atoms with Crippen molar-refractivity contribution in [2.45, 2.75) is 31.6 Å². The van der Waals surface area contributed by atoms with Gasteiger partial charge >= 0.3 is 21.6 Å². The highest BCUT2D eigenvalue weighted by Gasteiger charge is 2.51. The Kier molecular flexibility index (Phi) is 6.60. The van der Waals surface area contributed by atoms with Crippen LogP contribution in [0.25, 0.3) is 5.76 Å². The molecule has 2 aromatic carbocycles. The number of alkyl halides is 3. The van der Waals surface area contributed by atoms with Gasteiger partial charge in [0.25, 0.3) is 0 Å². The number of hydrogen-bond donors (Lipinski definition) is 2. The van der Waals surface area contributed by atoms with Gasteiger partial charge < -0.3 is 28.6 Å². The second-order valence-electron chi connectivity index (χ2n) is 7.29. The van der Waals surface area contributed by atoms with Crippen molar-refractivity contribution in [1.82, 2.24) is 0 Å². The van der Waals surface area contributed by atoms with E-state index >= 15 is 0 Å². The summed E-state index contributed by atoms with van der Waals surface area (Å²) in [6.07, 6.45) is -1.91. The van der Waals surface area contributed by atoms with E-state index in [1.807, 2.05) is 0 Å². The average Bonchev–Trinajstić information content (AvgIpc) is 2.73. The monoisotopic (exact) mass is 504 g/mol. The van der Waals surface area contributed by atoms with Crippen LogP contribution in [-0.4, -0.2) is 43.3 Å². The van der Waals surface area contributed by atoms with Crippen molar-refractivity contribution in [2.75, 3.05) is 7.11 Å². The van der Waals surface area contributed by atoms with Crippen LogP contribution in [0.2, 0.25) is 0 Å². The summed E-state index contributed by atoms with van der Waals surface area (Å²) in [6, 6.07) is 7.11. The molecule has 0 radical (unpaired) electrons. The number of ether oxygens (including phenoxy) is 3. The summed E-state index contributed by atoms with van der Waals surface area (Å²) in [5, 5.41) is 19.4. The fourth-order valence-electron chi connectivity index (χ4n) is 3.08. The van der Waals surface area contributed by atoms with E-state index in [4.69, 9.17) is 9.47 Å². The van der Waals surface area contributed by atoms with Crippen LogP contribution in [0.1, 0.15) is 31.1 Å². The molecule has 0 saturated carbocycles. The van der Waals surface area contributed by atoms with E-state index in [0.29, 0.717) is 0 Å². The molecule has 1 atom stereocenters. The third-order valence-corrected chi connectivity index (χ3v) is 5.46. The number of carbonyl (C=O) groups is 1. The Morgan fingerprint density at radius 1 is 1.09 bits per heavy atom. The van der Waals surface area contributed by atoms with Crippen molar-refractivity contribution in [2.24, 2.45) is 0 Å². The van der Waals surface area contributed by atoms with Gasteiger partial charge in [-0.2, -0.15) is 21.6 Å². The third-order valence-electron chi connectivity index (χ3n) is 4.50. The molecule has 1 heterocycles. The molecule has 0 amide bonds. The summed E-state index contributed by atoms with van der Waals surface area (Å²) in [6.45, 7) is 3.37. The van der Waals surface area contributed by atoms with Crippen LogP contribution in [0.5, 0.6) is 23.0 Å². The van der Waals surface area contributed by atoms with E-state index in [2.05, 4.69) is 8.92 Å². The van der Waals surface area contributed by atoms with Crippen LogP contribution in [0.15, 0.2) is 42.0 Å². The number of esters is 1. The molecule has 9 nitrogen and oxygen atoms in total. The normalized spacial score (nSPS) is 16.0. The first kappa shape index (κ1) is 25.0. The molecule has 0 saturated heterocycles. The minimum Gasteiger partial charge on any atom is -0.504 e. The molecule has 0 aliphatic carbocycles. The van der Waals surface area contributed by atoms with E-state index in [0.717, 1.165) is 25.3 Å². The van der Waals surface area contributed by atoms with E-state index in [1.54, 1.807) is 13.8 Å². The Bertz CT molecular complexity index is 1250. The largest absolute Gasteiger partial charge is 0.534 e. The number of phenolic OH excluding ortho intramolecular Hbond substituents is 2. The molecule has 0 fully saturated rings. The van der Waals surface area contributed by atoms with E-state index in [-0.39, 0.29) is 28.7 Å². The second kappa shape index (κ2) is 8.97. The van der Waals surface area contributed by atoms with Gasteiger partial charge in [-0.15, -0.1) is 0 Å². The minimum absolute atomic E-state index is 0.0191. The highest BCUT2D eigenvalue weighted by atomic mass is 32.2. The van der Waals surface area contributed by atoms with Gasteiger partial charge in [-0.05, 0) is 44.2 Å². The zero-order valence-corrected chi connectivity index (χ0v) is 18.7. The molecule has 34 heavy (non-hydrogen) atoms. The first-order valence-electron chi connectivity index (χ1n) is 9.58. The van der Waals surface area contributed by atoms with Crippen molar-refractivity contribution in [3.63, 3.8) is 0 Å². The molecule has 184 valence electrons. The molecule has 0 bridgehead atoms. The number of methoxy groups -OCH3 is 1. The number of hydrogen-bond acceptors (Lipinski definition) is 9. The number of fused-ring (bicyclic) bond motifs is 1. The maximum atomic E-state index is 13.2. The van der Waals surface area contributed by atoms with Crippen LogP contribution in [0.4, 0.5) is 13.2 Å². The van der Waals surface area contributed by atoms with Gasteiger partial charge in [0, 0.05) is 5.56 Å². The maximum absolute atomic E-state index is 13.2. The molecule has 13 heteroatoms. The molecule has 0 spiro atoms. The number of phenols is 2.